The number of methoxy groups -OCH3 is 2. The molecule has 1 rings (SSSR count). The van der Waals surface area contributed by atoms with Gasteiger partial charge in [-0.15, -0.1) is 6.58 Å². The molecule has 1 heterocycles. The molecule has 1 fully saturated rings. The quantitative estimate of drug-likeness (QED) is 0.647. The number of aliphatic hydroxyl groups is 1. The van der Waals surface area contributed by atoms with Gasteiger partial charge in [-0.25, -0.2) is 0 Å². The maximum Gasteiger partial charge on any atom is 0.158 e. The summed E-state index contributed by atoms with van der Waals surface area (Å²) in [6.45, 7) is 3.61. The summed E-state index contributed by atoms with van der Waals surface area (Å²) in [7, 11) is 3.18. The molecule has 1 saturated heterocycles. The molecule has 0 aliphatic carbocycles. The number of hydrogen-bond donors (Lipinski definition) is 1. The molecule has 0 saturated carbocycles. The molecule has 0 amide bonds. The van der Waals surface area contributed by atoms with E-state index >= 15 is 0 Å². The Kier molecular flexibility index (Phi) is 3.87. The first-order valence-corrected chi connectivity index (χ1v) is 4.24. The SMILES string of the molecule is C=CC1OC(O)CC(OC)C1OC. The van der Waals surface area contributed by atoms with E-state index in [1.54, 1.807) is 20.3 Å². The van der Waals surface area contributed by atoms with Crippen molar-refractivity contribution in [3.63, 3.8) is 0 Å². The second kappa shape index (κ2) is 4.72. The van der Waals surface area contributed by atoms with Gasteiger partial charge in [0.05, 0.1) is 6.10 Å². The van der Waals surface area contributed by atoms with Crippen molar-refractivity contribution in [3.05, 3.63) is 12.7 Å². The van der Waals surface area contributed by atoms with Crippen LogP contribution in [-0.2, 0) is 14.2 Å². The molecule has 0 aromatic carbocycles. The molecule has 1 aliphatic heterocycles. The summed E-state index contributed by atoms with van der Waals surface area (Å²) in [4.78, 5) is 0. The summed E-state index contributed by atoms with van der Waals surface area (Å²) < 4.78 is 15.6. The number of aliphatic hydroxyl groups excluding tert-OH is 1. The lowest BCUT2D eigenvalue weighted by molar-refractivity contribution is -0.229. The molecule has 0 spiro atoms. The Hall–Kier alpha value is -0.420. The van der Waals surface area contributed by atoms with Crippen molar-refractivity contribution in [3.8, 4) is 0 Å². The fraction of sp³-hybridized carbons (Fsp3) is 0.778. The predicted molar refractivity (Wildman–Crippen MR) is 47.3 cm³/mol. The van der Waals surface area contributed by atoms with Crippen LogP contribution in [-0.4, -0.2) is 43.9 Å². The summed E-state index contributed by atoms with van der Waals surface area (Å²) in [5.74, 6) is 0. The normalized spacial score (nSPS) is 40.2. The number of rotatable bonds is 3. The number of hydrogen-bond acceptors (Lipinski definition) is 4. The highest BCUT2D eigenvalue weighted by Gasteiger charge is 2.36. The van der Waals surface area contributed by atoms with Crippen LogP contribution in [0.4, 0.5) is 0 Å². The molecule has 4 atom stereocenters. The Morgan fingerprint density at radius 1 is 1.46 bits per heavy atom. The highest BCUT2D eigenvalue weighted by atomic mass is 16.6. The summed E-state index contributed by atoms with van der Waals surface area (Å²) in [5, 5.41) is 9.32. The van der Waals surface area contributed by atoms with Gasteiger partial charge in [0, 0.05) is 20.6 Å². The monoisotopic (exact) mass is 188 g/mol. The van der Waals surface area contributed by atoms with Gasteiger partial charge in [-0.05, 0) is 0 Å². The zero-order valence-corrected chi connectivity index (χ0v) is 7.97. The third-order valence-corrected chi connectivity index (χ3v) is 2.25. The van der Waals surface area contributed by atoms with Crippen LogP contribution in [0.3, 0.4) is 0 Å². The second-order valence-electron chi connectivity index (χ2n) is 3.00. The van der Waals surface area contributed by atoms with E-state index in [1.165, 1.54) is 0 Å². The molecule has 0 aromatic rings. The summed E-state index contributed by atoms with van der Waals surface area (Å²) in [6, 6.07) is 0. The predicted octanol–water partition coefficient (Wildman–Crippen LogP) is 0.310. The fourth-order valence-corrected chi connectivity index (χ4v) is 1.56. The lowest BCUT2D eigenvalue weighted by Gasteiger charge is -2.37. The third kappa shape index (κ3) is 2.28. The molecule has 13 heavy (non-hydrogen) atoms. The molecular formula is C9H16O4. The van der Waals surface area contributed by atoms with Gasteiger partial charge in [0.1, 0.15) is 12.2 Å². The molecule has 4 heteroatoms. The van der Waals surface area contributed by atoms with Crippen LogP contribution in [0.1, 0.15) is 6.42 Å². The van der Waals surface area contributed by atoms with Crippen molar-refractivity contribution < 1.29 is 19.3 Å². The Morgan fingerprint density at radius 3 is 2.62 bits per heavy atom. The van der Waals surface area contributed by atoms with E-state index in [0.717, 1.165) is 0 Å². The maximum absolute atomic E-state index is 9.32. The van der Waals surface area contributed by atoms with Crippen molar-refractivity contribution in [1.29, 1.82) is 0 Å². The summed E-state index contributed by atoms with van der Waals surface area (Å²) >= 11 is 0. The Labute approximate surface area is 78.1 Å². The smallest absolute Gasteiger partial charge is 0.158 e. The standard InChI is InChI=1S/C9H16O4/c1-4-6-9(12-3)7(11-2)5-8(10)13-6/h4,6-10H,1,5H2,2-3H3. The average Bonchev–Trinajstić information content (AvgIpc) is 2.16. The van der Waals surface area contributed by atoms with Gasteiger partial charge < -0.3 is 19.3 Å². The molecule has 4 unspecified atom stereocenters. The Morgan fingerprint density at radius 2 is 2.15 bits per heavy atom. The zero-order valence-electron chi connectivity index (χ0n) is 7.97. The van der Waals surface area contributed by atoms with Crippen LogP contribution in [0.25, 0.3) is 0 Å². The van der Waals surface area contributed by atoms with E-state index in [4.69, 9.17) is 14.2 Å². The van der Waals surface area contributed by atoms with E-state index < -0.39 is 6.29 Å². The van der Waals surface area contributed by atoms with Crippen LogP contribution in [0.2, 0.25) is 0 Å². The second-order valence-corrected chi connectivity index (χ2v) is 3.00. The van der Waals surface area contributed by atoms with Crippen LogP contribution < -0.4 is 0 Å². The van der Waals surface area contributed by atoms with E-state index in [1.807, 2.05) is 0 Å². The van der Waals surface area contributed by atoms with E-state index in [-0.39, 0.29) is 18.3 Å². The van der Waals surface area contributed by atoms with Gasteiger partial charge in [0.25, 0.3) is 0 Å². The Bertz CT molecular complexity index is 171. The first-order valence-electron chi connectivity index (χ1n) is 4.24. The Balaban J connectivity index is 2.67. The summed E-state index contributed by atoms with van der Waals surface area (Å²) in [5.41, 5.74) is 0. The van der Waals surface area contributed by atoms with Gasteiger partial charge in [0.15, 0.2) is 6.29 Å². The highest BCUT2D eigenvalue weighted by Crippen LogP contribution is 2.23. The molecule has 0 aromatic heterocycles. The van der Waals surface area contributed by atoms with Gasteiger partial charge in [-0.3, -0.25) is 0 Å². The van der Waals surface area contributed by atoms with Gasteiger partial charge in [0.2, 0.25) is 0 Å². The molecule has 0 radical (unpaired) electrons. The lowest BCUT2D eigenvalue weighted by atomic mass is 10.0. The van der Waals surface area contributed by atoms with Gasteiger partial charge in [-0.1, -0.05) is 6.08 Å². The topological polar surface area (TPSA) is 47.9 Å². The van der Waals surface area contributed by atoms with Crippen molar-refractivity contribution in [1.82, 2.24) is 0 Å². The van der Waals surface area contributed by atoms with Gasteiger partial charge >= 0.3 is 0 Å². The maximum atomic E-state index is 9.32. The van der Waals surface area contributed by atoms with Crippen LogP contribution in [0.5, 0.6) is 0 Å². The van der Waals surface area contributed by atoms with E-state index in [9.17, 15) is 5.11 Å². The summed E-state index contributed by atoms with van der Waals surface area (Å²) in [6.07, 6.45) is 0.614. The third-order valence-electron chi connectivity index (χ3n) is 2.25. The molecule has 76 valence electrons. The fourth-order valence-electron chi connectivity index (χ4n) is 1.56. The van der Waals surface area contributed by atoms with Crippen molar-refractivity contribution in [2.45, 2.75) is 31.0 Å². The first kappa shape index (κ1) is 10.7. The average molecular weight is 188 g/mol. The van der Waals surface area contributed by atoms with Crippen molar-refractivity contribution in [2.24, 2.45) is 0 Å². The number of ether oxygens (including phenoxy) is 3. The minimum atomic E-state index is -0.792. The first-order chi connectivity index (χ1) is 6.22. The molecule has 4 nitrogen and oxygen atoms in total. The lowest BCUT2D eigenvalue weighted by Crippen LogP contribution is -2.49. The van der Waals surface area contributed by atoms with E-state index in [0.29, 0.717) is 6.42 Å². The minimum Gasteiger partial charge on any atom is -0.378 e. The van der Waals surface area contributed by atoms with Gasteiger partial charge in [-0.2, -0.15) is 0 Å². The minimum absolute atomic E-state index is 0.142. The van der Waals surface area contributed by atoms with Crippen LogP contribution >= 0.6 is 0 Å². The largest absolute Gasteiger partial charge is 0.378 e. The molecule has 1 aliphatic rings. The molecule has 0 bridgehead atoms. The highest BCUT2D eigenvalue weighted by molar-refractivity contribution is 4.94. The van der Waals surface area contributed by atoms with Crippen molar-refractivity contribution in [2.75, 3.05) is 14.2 Å². The van der Waals surface area contributed by atoms with Crippen molar-refractivity contribution >= 4 is 0 Å². The molecular weight excluding hydrogens is 172 g/mol. The zero-order chi connectivity index (χ0) is 9.84. The van der Waals surface area contributed by atoms with Crippen LogP contribution in [0.15, 0.2) is 12.7 Å². The van der Waals surface area contributed by atoms with E-state index in [2.05, 4.69) is 6.58 Å². The van der Waals surface area contributed by atoms with Crippen LogP contribution in [0, 0.1) is 0 Å². The molecule has 1 N–H and O–H groups in total.